The molecule has 1 aromatic carbocycles. The molecular weight excluding hydrogens is 667 g/mol. The van der Waals surface area contributed by atoms with Gasteiger partial charge in [0.05, 0.1) is 18.3 Å². The second kappa shape index (κ2) is 12.6. The molecule has 1 fully saturated rings. The fourth-order valence-electron chi connectivity index (χ4n) is 5.87. The molecule has 12 heteroatoms. The van der Waals surface area contributed by atoms with Crippen LogP contribution >= 0.6 is 33.9 Å². The maximum absolute atomic E-state index is 13.5. The standard InChI is InChI=1S/C30H39IN6O4S/c1-30(2,16-38)37-10-9-22-25(15-37)42-28(35-22)27(40)34-23-12-18(29(41)36(3)4)6-8-21(23)33-26(39)24-13-19-11-17(14-31)5-7-20(19)32-24/h5,7,11,13,18,21,23,32,38H,6,8-10,12,14-16H2,1-4H3,(H,33,39)(H,34,40)/t18-,21-,23+/m0/s1. The van der Waals surface area contributed by atoms with Crippen molar-refractivity contribution < 1.29 is 19.5 Å². The second-order valence-electron chi connectivity index (χ2n) is 12.2. The minimum absolute atomic E-state index is 0.0250. The minimum atomic E-state index is -0.426. The van der Waals surface area contributed by atoms with E-state index >= 15 is 0 Å². The number of aromatic amines is 1. The summed E-state index contributed by atoms with van der Waals surface area (Å²) >= 11 is 3.70. The number of halogens is 1. The van der Waals surface area contributed by atoms with Gasteiger partial charge in [-0.1, -0.05) is 28.7 Å². The highest BCUT2D eigenvalue weighted by Gasteiger charge is 2.38. The first kappa shape index (κ1) is 30.9. The number of nitrogens with zero attached hydrogens (tertiary/aromatic N) is 3. The van der Waals surface area contributed by atoms with Gasteiger partial charge in [-0.3, -0.25) is 19.3 Å². The Labute approximate surface area is 263 Å². The van der Waals surface area contributed by atoms with Gasteiger partial charge in [0.2, 0.25) is 5.91 Å². The number of thiazole rings is 1. The van der Waals surface area contributed by atoms with Crippen LogP contribution in [0.1, 0.15) is 69.5 Å². The maximum Gasteiger partial charge on any atom is 0.280 e. The van der Waals surface area contributed by atoms with Crippen molar-refractivity contribution in [1.82, 2.24) is 30.4 Å². The lowest BCUT2D eigenvalue weighted by Crippen LogP contribution is -2.56. The molecule has 10 nitrogen and oxygen atoms in total. The number of hydrogen-bond donors (Lipinski definition) is 4. The normalized spacial score (nSPS) is 21.1. The molecule has 2 aromatic heterocycles. The number of fused-ring (bicyclic) bond motifs is 2. The van der Waals surface area contributed by atoms with Crippen molar-refractivity contribution in [2.24, 2.45) is 5.92 Å². The predicted octanol–water partition coefficient (Wildman–Crippen LogP) is 3.47. The van der Waals surface area contributed by atoms with E-state index in [0.717, 1.165) is 32.4 Å². The topological polar surface area (TPSA) is 131 Å². The van der Waals surface area contributed by atoms with Gasteiger partial charge in [0.1, 0.15) is 5.69 Å². The van der Waals surface area contributed by atoms with Crippen molar-refractivity contribution in [2.75, 3.05) is 27.2 Å². The molecule has 0 saturated heterocycles. The zero-order chi connectivity index (χ0) is 30.2. The molecule has 4 N–H and O–H groups in total. The number of carbonyl (C=O) groups excluding carboxylic acids is 3. The lowest BCUT2D eigenvalue weighted by Gasteiger charge is -2.39. The SMILES string of the molecule is CN(C)C(=O)[C@H]1CC[C@H](NC(=O)c2cc3cc(CI)ccc3[nH]2)[C@H](NC(=O)c2nc3c(s2)CN(C(C)(C)CO)CC3)C1. The van der Waals surface area contributed by atoms with E-state index in [2.05, 4.69) is 54.2 Å². The molecular formula is C30H39IN6O4S. The van der Waals surface area contributed by atoms with Gasteiger partial charge >= 0.3 is 0 Å². The van der Waals surface area contributed by atoms with Crippen LogP contribution in [0.2, 0.25) is 0 Å². The highest BCUT2D eigenvalue weighted by molar-refractivity contribution is 14.1. The second-order valence-corrected chi connectivity index (χ2v) is 14.0. The van der Waals surface area contributed by atoms with Crippen LogP contribution in [0.3, 0.4) is 0 Å². The summed E-state index contributed by atoms with van der Waals surface area (Å²) in [5.41, 5.74) is 3.13. The van der Waals surface area contributed by atoms with Crippen LogP contribution in [0.5, 0.6) is 0 Å². The number of nitrogens with one attached hydrogen (secondary N) is 3. The first-order chi connectivity index (χ1) is 20.0. The van der Waals surface area contributed by atoms with E-state index in [1.807, 2.05) is 32.0 Å². The highest BCUT2D eigenvalue weighted by Crippen LogP contribution is 2.31. The van der Waals surface area contributed by atoms with Crippen LogP contribution < -0.4 is 10.6 Å². The van der Waals surface area contributed by atoms with Gasteiger partial charge in [0.15, 0.2) is 5.01 Å². The summed E-state index contributed by atoms with van der Waals surface area (Å²) < 4.78 is 0.887. The third kappa shape index (κ3) is 6.51. The van der Waals surface area contributed by atoms with E-state index in [4.69, 9.17) is 0 Å². The average molecular weight is 707 g/mol. The van der Waals surface area contributed by atoms with Gasteiger partial charge in [0, 0.05) is 71.3 Å². The number of aliphatic hydroxyl groups is 1. The van der Waals surface area contributed by atoms with Crippen molar-refractivity contribution in [1.29, 1.82) is 0 Å². The quantitative estimate of drug-likeness (QED) is 0.210. The summed E-state index contributed by atoms with van der Waals surface area (Å²) in [4.78, 5) is 52.5. The number of benzene rings is 1. The van der Waals surface area contributed by atoms with Crippen LogP contribution in [-0.2, 0) is 22.2 Å². The van der Waals surface area contributed by atoms with E-state index in [0.29, 0.717) is 42.9 Å². The van der Waals surface area contributed by atoms with Crippen LogP contribution in [-0.4, -0.2) is 87.5 Å². The molecule has 42 heavy (non-hydrogen) atoms. The number of aliphatic hydroxyl groups excluding tert-OH is 1. The molecule has 3 amide bonds. The summed E-state index contributed by atoms with van der Waals surface area (Å²) in [6.07, 6.45) is 2.35. The molecule has 1 aliphatic heterocycles. The zero-order valence-corrected chi connectivity index (χ0v) is 27.5. The first-order valence-corrected chi connectivity index (χ1v) is 16.7. The molecule has 226 valence electrons. The number of H-pyrrole nitrogens is 1. The number of rotatable bonds is 8. The fourth-order valence-corrected chi connectivity index (χ4v) is 7.37. The molecule has 1 aliphatic carbocycles. The third-order valence-electron chi connectivity index (χ3n) is 8.53. The Hall–Kier alpha value is -2.55. The number of amides is 3. The third-order valence-corrected chi connectivity index (χ3v) is 10.5. The van der Waals surface area contributed by atoms with Gasteiger partial charge in [-0.05, 0) is 56.9 Å². The van der Waals surface area contributed by atoms with E-state index in [9.17, 15) is 19.5 Å². The van der Waals surface area contributed by atoms with E-state index < -0.39 is 6.04 Å². The minimum Gasteiger partial charge on any atom is -0.394 e. The lowest BCUT2D eigenvalue weighted by molar-refractivity contribution is -0.134. The summed E-state index contributed by atoms with van der Waals surface area (Å²) in [6.45, 7) is 5.47. The van der Waals surface area contributed by atoms with E-state index in [1.165, 1.54) is 16.9 Å². The lowest BCUT2D eigenvalue weighted by atomic mass is 9.81. The Morgan fingerprint density at radius 3 is 2.64 bits per heavy atom. The first-order valence-electron chi connectivity index (χ1n) is 14.3. The Kier molecular flexibility index (Phi) is 9.26. The van der Waals surface area contributed by atoms with Gasteiger partial charge in [0.25, 0.3) is 11.8 Å². The summed E-state index contributed by atoms with van der Waals surface area (Å²) in [6, 6.07) is 7.20. The Morgan fingerprint density at radius 1 is 1.17 bits per heavy atom. The Balaban J connectivity index is 1.32. The molecule has 0 unspecified atom stereocenters. The Morgan fingerprint density at radius 2 is 1.93 bits per heavy atom. The number of alkyl halides is 1. The molecule has 2 aliphatic rings. The van der Waals surface area contributed by atoms with Crippen LogP contribution in [0, 0.1) is 5.92 Å². The van der Waals surface area contributed by atoms with Crippen molar-refractivity contribution in [2.45, 2.75) is 68.1 Å². The van der Waals surface area contributed by atoms with Crippen LogP contribution in [0.15, 0.2) is 24.3 Å². The molecule has 5 rings (SSSR count). The van der Waals surface area contributed by atoms with Crippen LogP contribution in [0.4, 0.5) is 0 Å². The number of aromatic nitrogens is 2. The molecule has 0 bridgehead atoms. The summed E-state index contributed by atoms with van der Waals surface area (Å²) in [5, 5.41) is 17.4. The highest BCUT2D eigenvalue weighted by atomic mass is 127. The molecule has 3 aromatic rings. The molecule has 3 atom stereocenters. The maximum atomic E-state index is 13.5. The van der Waals surface area contributed by atoms with E-state index in [-0.39, 0.29) is 41.8 Å². The largest absolute Gasteiger partial charge is 0.394 e. The summed E-state index contributed by atoms with van der Waals surface area (Å²) in [5.74, 6) is -0.740. The number of hydrogen-bond acceptors (Lipinski definition) is 7. The smallest absolute Gasteiger partial charge is 0.280 e. The predicted molar refractivity (Wildman–Crippen MR) is 172 cm³/mol. The van der Waals surface area contributed by atoms with Crippen molar-refractivity contribution in [3.05, 3.63) is 51.1 Å². The van der Waals surface area contributed by atoms with Gasteiger partial charge < -0.3 is 25.6 Å². The van der Waals surface area contributed by atoms with Gasteiger partial charge in [-0.25, -0.2) is 4.98 Å². The molecule has 1 saturated carbocycles. The average Bonchev–Trinajstić information content (AvgIpc) is 3.61. The van der Waals surface area contributed by atoms with E-state index in [1.54, 1.807) is 19.0 Å². The van der Waals surface area contributed by atoms with Crippen molar-refractivity contribution >= 4 is 62.6 Å². The fraction of sp³-hybridized carbons (Fsp3) is 0.533. The molecule has 0 radical (unpaired) electrons. The number of carbonyl (C=O) groups is 3. The Bertz CT molecular complexity index is 1480. The molecule has 0 spiro atoms. The van der Waals surface area contributed by atoms with Gasteiger partial charge in [-0.2, -0.15) is 0 Å². The monoisotopic (exact) mass is 706 g/mol. The van der Waals surface area contributed by atoms with Crippen molar-refractivity contribution in [3.63, 3.8) is 0 Å². The van der Waals surface area contributed by atoms with Gasteiger partial charge in [-0.15, -0.1) is 11.3 Å². The zero-order valence-electron chi connectivity index (χ0n) is 24.5. The van der Waals surface area contributed by atoms with Crippen molar-refractivity contribution in [3.8, 4) is 0 Å². The summed E-state index contributed by atoms with van der Waals surface area (Å²) in [7, 11) is 3.48. The molecule has 3 heterocycles. The van der Waals surface area contributed by atoms with Crippen LogP contribution in [0.25, 0.3) is 10.9 Å².